The topological polar surface area (TPSA) is 71.5 Å². The number of nitrogens with one attached hydrogen (secondary N) is 1. The van der Waals surface area contributed by atoms with Crippen LogP contribution in [0.3, 0.4) is 0 Å². The van der Waals surface area contributed by atoms with Crippen LogP contribution < -0.4 is 5.32 Å². The summed E-state index contributed by atoms with van der Waals surface area (Å²) >= 11 is 7.02. The zero-order chi connectivity index (χ0) is 13.1. The third-order valence-electron chi connectivity index (χ3n) is 3.09. The van der Waals surface area contributed by atoms with Gasteiger partial charge in [0.25, 0.3) is 0 Å². The summed E-state index contributed by atoms with van der Waals surface area (Å²) in [5, 5.41) is 13.5. The number of anilines is 1. The van der Waals surface area contributed by atoms with E-state index < -0.39 is 5.97 Å². The van der Waals surface area contributed by atoms with E-state index in [0.717, 1.165) is 19.3 Å². The molecule has 1 fully saturated rings. The van der Waals surface area contributed by atoms with Gasteiger partial charge in [0.1, 0.15) is 0 Å². The van der Waals surface area contributed by atoms with Gasteiger partial charge in [-0.3, -0.25) is 0 Å². The van der Waals surface area contributed by atoms with Gasteiger partial charge >= 0.3 is 5.97 Å². The number of aliphatic hydroxyl groups is 1. The number of halogens is 1. The van der Waals surface area contributed by atoms with Gasteiger partial charge in [-0.15, -0.1) is 0 Å². The van der Waals surface area contributed by atoms with Crippen molar-refractivity contribution in [1.82, 2.24) is 4.98 Å². The highest BCUT2D eigenvalue weighted by molar-refractivity contribution is 7.18. The third-order valence-corrected chi connectivity index (χ3v) is 4.47. The zero-order valence-electron chi connectivity index (χ0n) is 9.98. The van der Waals surface area contributed by atoms with E-state index in [9.17, 15) is 9.90 Å². The molecule has 0 bridgehead atoms. The van der Waals surface area contributed by atoms with Crippen molar-refractivity contribution in [2.45, 2.75) is 25.4 Å². The van der Waals surface area contributed by atoms with Crippen molar-refractivity contribution in [2.24, 2.45) is 5.92 Å². The molecule has 0 aromatic carbocycles. The minimum absolute atomic E-state index is 0.154. The van der Waals surface area contributed by atoms with Crippen LogP contribution >= 0.6 is 22.9 Å². The number of thiazole rings is 1. The Bertz CT molecular complexity index is 438. The number of carbonyl (C=O) groups excluding carboxylic acids is 1. The van der Waals surface area contributed by atoms with Crippen LogP contribution in [0, 0.1) is 5.92 Å². The Morgan fingerprint density at radius 3 is 3.06 bits per heavy atom. The number of hydrogen-bond acceptors (Lipinski definition) is 6. The molecule has 5 nitrogen and oxygen atoms in total. The van der Waals surface area contributed by atoms with Gasteiger partial charge in [0.2, 0.25) is 0 Å². The van der Waals surface area contributed by atoms with Crippen molar-refractivity contribution < 1.29 is 14.6 Å². The van der Waals surface area contributed by atoms with Gasteiger partial charge in [0, 0.05) is 12.5 Å². The molecule has 1 aromatic rings. The van der Waals surface area contributed by atoms with E-state index in [4.69, 9.17) is 11.6 Å². The summed E-state index contributed by atoms with van der Waals surface area (Å²) in [4.78, 5) is 15.7. The Morgan fingerprint density at radius 2 is 2.44 bits per heavy atom. The van der Waals surface area contributed by atoms with Crippen molar-refractivity contribution in [3.8, 4) is 0 Å². The number of hydrogen-bond donors (Lipinski definition) is 2. The lowest BCUT2D eigenvalue weighted by molar-refractivity contribution is 0.0606. The molecular weight excluding hydrogens is 276 g/mol. The van der Waals surface area contributed by atoms with Gasteiger partial charge in [-0.1, -0.05) is 29.4 Å². The lowest BCUT2D eigenvalue weighted by Gasteiger charge is -2.14. The number of ether oxygens (including phenoxy) is 1. The minimum Gasteiger partial charge on any atom is -0.465 e. The van der Waals surface area contributed by atoms with Crippen molar-refractivity contribution in [3.05, 3.63) is 10.0 Å². The molecule has 18 heavy (non-hydrogen) atoms. The Morgan fingerprint density at radius 1 is 1.67 bits per heavy atom. The molecule has 0 saturated heterocycles. The molecule has 7 heteroatoms. The van der Waals surface area contributed by atoms with Crippen LogP contribution in [-0.4, -0.2) is 35.8 Å². The van der Waals surface area contributed by atoms with Gasteiger partial charge < -0.3 is 15.2 Å². The second-order valence-corrected chi connectivity index (χ2v) is 5.63. The van der Waals surface area contributed by atoms with E-state index in [-0.39, 0.29) is 17.2 Å². The molecule has 0 spiro atoms. The van der Waals surface area contributed by atoms with E-state index in [1.807, 2.05) is 0 Å². The molecule has 2 rings (SSSR count). The molecule has 1 saturated carbocycles. The highest BCUT2D eigenvalue weighted by Crippen LogP contribution is 2.29. The fourth-order valence-corrected chi connectivity index (χ4v) is 3.18. The summed E-state index contributed by atoms with van der Waals surface area (Å²) in [5.74, 6) is -0.235. The lowest BCUT2D eigenvalue weighted by atomic mass is 10.1. The smallest absolute Gasteiger partial charge is 0.351 e. The van der Waals surface area contributed by atoms with E-state index in [1.165, 1.54) is 18.4 Å². The van der Waals surface area contributed by atoms with Gasteiger partial charge in [-0.2, -0.15) is 0 Å². The molecule has 0 amide bonds. The second kappa shape index (κ2) is 5.86. The van der Waals surface area contributed by atoms with Crippen LogP contribution in [0.4, 0.5) is 5.13 Å². The summed E-state index contributed by atoms with van der Waals surface area (Å²) in [6.07, 6.45) is 2.68. The van der Waals surface area contributed by atoms with Crippen LogP contribution in [-0.2, 0) is 4.74 Å². The molecule has 0 radical (unpaired) electrons. The first-order valence-corrected chi connectivity index (χ1v) is 6.98. The predicted molar refractivity (Wildman–Crippen MR) is 70.3 cm³/mol. The molecule has 1 heterocycles. The molecule has 100 valence electrons. The van der Waals surface area contributed by atoms with Gasteiger partial charge in [-0.25, -0.2) is 9.78 Å². The molecule has 1 aliphatic rings. The number of esters is 1. The first-order valence-electron chi connectivity index (χ1n) is 5.78. The average Bonchev–Trinajstić information content (AvgIpc) is 2.92. The van der Waals surface area contributed by atoms with Crippen LogP contribution in [0.2, 0.25) is 5.15 Å². The maximum absolute atomic E-state index is 11.4. The SMILES string of the molecule is COC(=O)c1sc(NCC2CCCC2O)nc1Cl. The van der Waals surface area contributed by atoms with Crippen LogP contribution in [0.1, 0.15) is 28.9 Å². The third kappa shape index (κ3) is 2.93. The van der Waals surface area contributed by atoms with E-state index in [1.54, 1.807) is 0 Å². The molecule has 1 aliphatic carbocycles. The molecule has 0 aliphatic heterocycles. The van der Waals surface area contributed by atoms with E-state index in [0.29, 0.717) is 16.6 Å². The largest absolute Gasteiger partial charge is 0.465 e. The molecule has 1 aromatic heterocycles. The first kappa shape index (κ1) is 13.6. The number of methoxy groups -OCH3 is 1. The molecule has 2 unspecified atom stereocenters. The summed E-state index contributed by atoms with van der Waals surface area (Å²) in [6.45, 7) is 0.644. The zero-order valence-corrected chi connectivity index (χ0v) is 11.6. The van der Waals surface area contributed by atoms with Crippen LogP contribution in [0.5, 0.6) is 0 Å². The number of carbonyl (C=O) groups is 1. The summed E-state index contributed by atoms with van der Waals surface area (Å²) in [7, 11) is 1.31. The standard InChI is InChI=1S/C11H15ClN2O3S/c1-17-10(16)8-9(12)14-11(18-8)13-5-6-3-2-4-7(6)15/h6-7,15H,2-5H2,1H3,(H,13,14). The highest BCUT2D eigenvalue weighted by Gasteiger charge is 2.25. The number of aromatic nitrogens is 1. The number of rotatable bonds is 4. The summed E-state index contributed by atoms with van der Waals surface area (Å²) in [6, 6.07) is 0. The fourth-order valence-electron chi connectivity index (χ4n) is 2.07. The molecule has 2 atom stereocenters. The monoisotopic (exact) mass is 290 g/mol. The number of aliphatic hydroxyl groups excluding tert-OH is 1. The van der Waals surface area contributed by atoms with E-state index in [2.05, 4.69) is 15.0 Å². The summed E-state index contributed by atoms with van der Waals surface area (Å²) < 4.78 is 4.60. The maximum atomic E-state index is 11.4. The Hall–Kier alpha value is -0.850. The maximum Gasteiger partial charge on any atom is 0.351 e. The Labute approximate surface area is 114 Å². The first-order chi connectivity index (χ1) is 8.61. The normalized spacial score (nSPS) is 23.1. The Balaban J connectivity index is 1.95. The van der Waals surface area contributed by atoms with Gasteiger partial charge in [-0.05, 0) is 12.8 Å². The quantitative estimate of drug-likeness (QED) is 0.832. The minimum atomic E-state index is -0.480. The van der Waals surface area contributed by atoms with Crippen molar-refractivity contribution in [2.75, 3.05) is 19.0 Å². The number of nitrogens with zero attached hydrogens (tertiary/aromatic N) is 1. The fraction of sp³-hybridized carbons (Fsp3) is 0.636. The van der Waals surface area contributed by atoms with Gasteiger partial charge in [0.15, 0.2) is 15.2 Å². The average molecular weight is 291 g/mol. The predicted octanol–water partition coefficient (Wildman–Crippen LogP) is 2.16. The van der Waals surface area contributed by atoms with Gasteiger partial charge in [0.05, 0.1) is 13.2 Å². The van der Waals surface area contributed by atoms with Crippen molar-refractivity contribution >= 4 is 34.0 Å². The molecule has 2 N–H and O–H groups in total. The highest BCUT2D eigenvalue weighted by atomic mass is 35.5. The van der Waals surface area contributed by atoms with E-state index >= 15 is 0 Å². The van der Waals surface area contributed by atoms with Crippen molar-refractivity contribution in [1.29, 1.82) is 0 Å². The Kier molecular flexibility index (Phi) is 4.42. The lowest BCUT2D eigenvalue weighted by Crippen LogP contribution is -2.21. The molecular formula is C11H15ClN2O3S. The van der Waals surface area contributed by atoms with Crippen LogP contribution in [0.25, 0.3) is 0 Å². The summed E-state index contributed by atoms with van der Waals surface area (Å²) in [5.41, 5.74) is 0. The second-order valence-electron chi connectivity index (χ2n) is 4.27. The van der Waals surface area contributed by atoms with Crippen LogP contribution in [0.15, 0.2) is 0 Å². The van der Waals surface area contributed by atoms with Crippen molar-refractivity contribution in [3.63, 3.8) is 0 Å².